The smallest absolute Gasteiger partial charge is 0.277 e. The van der Waals surface area contributed by atoms with Crippen molar-refractivity contribution in [1.82, 2.24) is 5.43 Å². The number of ether oxygens (including phenoxy) is 2. The second-order valence-corrected chi connectivity index (χ2v) is 5.45. The van der Waals surface area contributed by atoms with Crippen molar-refractivity contribution in [2.45, 2.75) is 0 Å². The van der Waals surface area contributed by atoms with Gasteiger partial charge in [-0.3, -0.25) is 4.79 Å². The fourth-order valence-corrected chi connectivity index (χ4v) is 2.50. The average molecular weight is 350 g/mol. The van der Waals surface area contributed by atoms with Gasteiger partial charge < -0.3 is 14.6 Å². The number of benzene rings is 3. The molecule has 6 heteroatoms. The number of hydrazone groups is 1. The van der Waals surface area contributed by atoms with Crippen molar-refractivity contribution in [3.8, 4) is 17.2 Å². The summed E-state index contributed by atoms with van der Waals surface area (Å²) in [7, 11) is 1.53. The third-order valence-corrected chi connectivity index (χ3v) is 3.76. The number of aromatic hydroxyl groups is 1. The average Bonchev–Trinajstić information content (AvgIpc) is 2.68. The van der Waals surface area contributed by atoms with Gasteiger partial charge in [0.15, 0.2) is 18.1 Å². The van der Waals surface area contributed by atoms with E-state index in [9.17, 15) is 9.90 Å². The summed E-state index contributed by atoms with van der Waals surface area (Å²) in [6.45, 7) is -0.209. The molecule has 0 aromatic heterocycles. The highest BCUT2D eigenvalue weighted by Gasteiger charge is 2.07. The SMILES string of the molecule is COc1ccccc1OCC(=O)NN=Cc1c(O)ccc2ccccc12. The lowest BCUT2D eigenvalue weighted by Crippen LogP contribution is -2.24. The number of hydrogen-bond donors (Lipinski definition) is 2. The molecule has 132 valence electrons. The number of nitrogens with zero attached hydrogens (tertiary/aromatic N) is 1. The number of carbonyl (C=O) groups is 1. The van der Waals surface area contributed by atoms with Gasteiger partial charge in [0, 0.05) is 5.56 Å². The molecule has 0 aliphatic carbocycles. The van der Waals surface area contributed by atoms with Crippen LogP contribution in [0.3, 0.4) is 0 Å². The zero-order valence-electron chi connectivity index (χ0n) is 14.2. The first kappa shape index (κ1) is 17.3. The van der Waals surface area contributed by atoms with E-state index in [-0.39, 0.29) is 12.4 Å². The van der Waals surface area contributed by atoms with Crippen LogP contribution in [0.2, 0.25) is 0 Å². The van der Waals surface area contributed by atoms with E-state index in [0.717, 1.165) is 10.8 Å². The monoisotopic (exact) mass is 350 g/mol. The van der Waals surface area contributed by atoms with Crippen LogP contribution in [0, 0.1) is 0 Å². The number of amides is 1. The van der Waals surface area contributed by atoms with Gasteiger partial charge in [0.2, 0.25) is 0 Å². The molecule has 0 aliphatic rings. The number of fused-ring (bicyclic) bond motifs is 1. The summed E-state index contributed by atoms with van der Waals surface area (Å²) < 4.78 is 10.6. The topological polar surface area (TPSA) is 80.2 Å². The van der Waals surface area contributed by atoms with Crippen LogP contribution in [0.5, 0.6) is 17.2 Å². The number of phenolic OH excluding ortho intramolecular Hbond substituents is 1. The summed E-state index contributed by atoms with van der Waals surface area (Å²) in [5.41, 5.74) is 2.92. The summed E-state index contributed by atoms with van der Waals surface area (Å²) in [4.78, 5) is 11.9. The van der Waals surface area contributed by atoms with E-state index in [4.69, 9.17) is 9.47 Å². The summed E-state index contributed by atoms with van der Waals surface area (Å²) >= 11 is 0. The molecule has 0 fully saturated rings. The Hall–Kier alpha value is -3.54. The number of methoxy groups -OCH3 is 1. The number of rotatable bonds is 6. The van der Waals surface area contributed by atoms with Gasteiger partial charge in [0.1, 0.15) is 5.75 Å². The van der Waals surface area contributed by atoms with E-state index in [2.05, 4.69) is 10.5 Å². The molecule has 0 heterocycles. The Morgan fingerprint density at radius 2 is 1.81 bits per heavy atom. The van der Waals surface area contributed by atoms with Crippen LogP contribution >= 0.6 is 0 Å². The molecule has 0 bridgehead atoms. The first-order chi connectivity index (χ1) is 12.7. The lowest BCUT2D eigenvalue weighted by atomic mass is 10.0. The van der Waals surface area contributed by atoms with Crippen molar-refractivity contribution in [3.05, 3.63) is 66.2 Å². The highest BCUT2D eigenvalue weighted by Crippen LogP contribution is 2.26. The molecule has 0 aliphatic heterocycles. The maximum atomic E-state index is 11.9. The Morgan fingerprint density at radius 3 is 2.62 bits per heavy atom. The highest BCUT2D eigenvalue weighted by molar-refractivity contribution is 6.02. The minimum atomic E-state index is -0.424. The number of hydrogen-bond acceptors (Lipinski definition) is 5. The van der Waals surface area contributed by atoms with Gasteiger partial charge in [0.05, 0.1) is 13.3 Å². The molecule has 6 nitrogen and oxygen atoms in total. The number of para-hydroxylation sites is 2. The lowest BCUT2D eigenvalue weighted by molar-refractivity contribution is -0.123. The number of phenols is 1. The zero-order valence-corrected chi connectivity index (χ0v) is 14.2. The second-order valence-electron chi connectivity index (χ2n) is 5.45. The predicted molar refractivity (Wildman–Crippen MR) is 99.8 cm³/mol. The maximum absolute atomic E-state index is 11.9. The minimum absolute atomic E-state index is 0.0898. The molecular formula is C20H18N2O4. The molecule has 3 rings (SSSR count). The number of carbonyl (C=O) groups excluding carboxylic acids is 1. The molecule has 2 N–H and O–H groups in total. The van der Waals surface area contributed by atoms with Crippen molar-refractivity contribution in [3.63, 3.8) is 0 Å². The van der Waals surface area contributed by atoms with E-state index >= 15 is 0 Å². The summed E-state index contributed by atoms with van der Waals surface area (Å²) in [6, 6.07) is 18.1. The fourth-order valence-electron chi connectivity index (χ4n) is 2.50. The predicted octanol–water partition coefficient (Wildman–Crippen LogP) is 3.08. The van der Waals surface area contributed by atoms with Gasteiger partial charge in [-0.15, -0.1) is 0 Å². The molecule has 0 atom stereocenters. The van der Waals surface area contributed by atoms with E-state index < -0.39 is 5.91 Å². The van der Waals surface area contributed by atoms with Crippen LogP contribution in [0.15, 0.2) is 65.8 Å². The third kappa shape index (κ3) is 3.92. The first-order valence-electron chi connectivity index (χ1n) is 7.97. The van der Waals surface area contributed by atoms with E-state index in [1.807, 2.05) is 36.4 Å². The van der Waals surface area contributed by atoms with Crippen molar-refractivity contribution in [2.75, 3.05) is 13.7 Å². The summed E-state index contributed by atoms with van der Waals surface area (Å²) in [6.07, 6.45) is 1.42. The Morgan fingerprint density at radius 1 is 1.08 bits per heavy atom. The van der Waals surface area contributed by atoms with E-state index in [1.54, 1.807) is 24.3 Å². The summed E-state index contributed by atoms with van der Waals surface area (Å²) in [5.74, 6) is 0.684. The molecule has 0 spiro atoms. The summed E-state index contributed by atoms with van der Waals surface area (Å²) in [5, 5.41) is 15.8. The van der Waals surface area contributed by atoms with Crippen LogP contribution in [-0.2, 0) is 4.79 Å². The van der Waals surface area contributed by atoms with E-state index in [1.165, 1.54) is 13.3 Å². The Balaban J connectivity index is 1.64. The molecular weight excluding hydrogens is 332 g/mol. The standard InChI is InChI=1S/C20H18N2O4/c1-25-18-8-4-5-9-19(18)26-13-20(24)22-21-12-16-15-7-3-2-6-14(15)10-11-17(16)23/h2-12,23H,13H2,1H3,(H,22,24). The van der Waals surface area contributed by atoms with Crippen molar-refractivity contribution in [2.24, 2.45) is 5.10 Å². The Bertz CT molecular complexity index is 953. The molecule has 0 unspecified atom stereocenters. The lowest BCUT2D eigenvalue weighted by Gasteiger charge is -2.09. The second kappa shape index (κ2) is 8.02. The number of nitrogens with one attached hydrogen (secondary N) is 1. The van der Waals surface area contributed by atoms with Crippen LogP contribution in [-0.4, -0.2) is 30.9 Å². The largest absolute Gasteiger partial charge is 0.507 e. The van der Waals surface area contributed by atoms with Gasteiger partial charge in [-0.25, -0.2) is 5.43 Å². The van der Waals surface area contributed by atoms with Crippen LogP contribution in [0.4, 0.5) is 0 Å². The fraction of sp³-hybridized carbons (Fsp3) is 0.100. The quantitative estimate of drug-likeness (QED) is 0.529. The van der Waals surface area contributed by atoms with Gasteiger partial charge in [-0.2, -0.15) is 5.10 Å². The van der Waals surface area contributed by atoms with Crippen LogP contribution < -0.4 is 14.9 Å². The molecule has 26 heavy (non-hydrogen) atoms. The minimum Gasteiger partial charge on any atom is -0.507 e. The van der Waals surface area contributed by atoms with Gasteiger partial charge >= 0.3 is 0 Å². The van der Waals surface area contributed by atoms with Crippen LogP contribution in [0.25, 0.3) is 10.8 Å². The van der Waals surface area contributed by atoms with Crippen LogP contribution in [0.1, 0.15) is 5.56 Å². The molecule has 0 saturated heterocycles. The molecule has 0 radical (unpaired) electrons. The van der Waals surface area contributed by atoms with E-state index in [0.29, 0.717) is 17.1 Å². The van der Waals surface area contributed by atoms with Gasteiger partial charge in [0.25, 0.3) is 5.91 Å². The molecule has 0 saturated carbocycles. The Kier molecular flexibility index (Phi) is 5.34. The maximum Gasteiger partial charge on any atom is 0.277 e. The normalized spacial score (nSPS) is 10.8. The van der Waals surface area contributed by atoms with Crippen molar-refractivity contribution < 1.29 is 19.4 Å². The first-order valence-corrected chi connectivity index (χ1v) is 7.97. The van der Waals surface area contributed by atoms with Crippen molar-refractivity contribution >= 4 is 22.9 Å². The van der Waals surface area contributed by atoms with Crippen molar-refractivity contribution in [1.29, 1.82) is 0 Å². The molecule has 3 aromatic carbocycles. The molecule has 3 aromatic rings. The van der Waals surface area contributed by atoms with Gasteiger partial charge in [-0.05, 0) is 29.0 Å². The highest BCUT2D eigenvalue weighted by atomic mass is 16.5. The Labute approximate surface area is 150 Å². The zero-order chi connectivity index (χ0) is 18.4. The third-order valence-electron chi connectivity index (χ3n) is 3.76. The van der Waals surface area contributed by atoms with Gasteiger partial charge in [-0.1, -0.05) is 42.5 Å². The molecule has 1 amide bonds.